The lowest BCUT2D eigenvalue weighted by atomic mass is 10.0. The Hall–Kier alpha value is -3.66. The van der Waals surface area contributed by atoms with Crippen LogP contribution in [0.4, 0.5) is 0 Å². The Morgan fingerprint density at radius 1 is 1.34 bits per heavy atom. The minimum atomic E-state index is -0.0291. The van der Waals surface area contributed by atoms with Crippen molar-refractivity contribution in [2.45, 2.75) is 52.2 Å². The van der Waals surface area contributed by atoms with Gasteiger partial charge in [-0.25, -0.2) is 0 Å². The molecule has 1 heterocycles. The van der Waals surface area contributed by atoms with E-state index < -0.39 is 0 Å². The van der Waals surface area contributed by atoms with E-state index in [-0.39, 0.29) is 18.1 Å². The molecule has 7 heteroatoms. The molecule has 0 bridgehead atoms. The third kappa shape index (κ3) is 3.96. The second-order valence-electron chi connectivity index (χ2n) is 8.20. The number of nitrogens with zero attached hydrogens (tertiary/aromatic N) is 4. The van der Waals surface area contributed by atoms with E-state index in [1.807, 2.05) is 50.9 Å². The fourth-order valence-electron chi connectivity index (χ4n) is 4.22. The van der Waals surface area contributed by atoms with Crippen LogP contribution in [-0.4, -0.2) is 34.1 Å². The van der Waals surface area contributed by atoms with Gasteiger partial charge in [-0.05, 0) is 56.0 Å². The van der Waals surface area contributed by atoms with Gasteiger partial charge >= 0.3 is 0 Å². The van der Waals surface area contributed by atoms with Crippen molar-refractivity contribution in [1.29, 1.82) is 5.26 Å². The quantitative estimate of drug-likeness (QED) is 0.551. The lowest BCUT2D eigenvalue weighted by Gasteiger charge is -2.25. The Morgan fingerprint density at radius 2 is 2.16 bits per heavy atom. The van der Waals surface area contributed by atoms with Gasteiger partial charge in [0.2, 0.25) is 11.7 Å². The van der Waals surface area contributed by atoms with Gasteiger partial charge in [0.25, 0.3) is 5.89 Å². The number of hydrogen-bond donors (Lipinski definition) is 0. The lowest BCUT2D eigenvalue weighted by Crippen LogP contribution is -2.29. The van der Waals surface area contributed by atoms with Crippen molar-refractivity contribution in [3.05, 3.63) is 53.1 Å². The van der Waals surface area contributed by atoms with E-state index in [2.05, 4.69) is 22.3 Å². The van der Waals surface area contributed by atoms with E-state index in [1.54, 1.807) is 12.1 Å². The molecular weight excluding hydrogens is 404 g/mol. The topological polar surface area (TPSA) is 92.3 Å². The molecule has 0 aliphatic heterocycles. The highest BCUT2D eigenvalue weighted by molar-refractivity contribution is 5.77. The summed E-state index contributed by atoms with van der Waals surface area (Å²) in [5.41, 5.74) is 4.29. The van der Waals surface area contributed by atoms with Crippen LogP contribution in [0.2, 0.25) is 0 Å². The van der Waals surface area contributed by atoms with Crippen molar-refractivity contribution in [2.24, 2.45) is 0 Å². The number of hydrogen-bond acceptors (Lipinski definition) is 6. The highest BCUT2D eigenvalue weighted by Crippen LogP contribution is 2.40. The Morgan fingerprint density at radius 3 is 2.88 bits per heavy atom. The van der Waals surface area contributed by atoms with Crippen LogP contribution in [0.15, 0.2) is 40.9 Å². The highest BCUT2D eigenvalue weighted by atomic mass is 16.5. The van der Waals surface area contributed by atoms with Crippen molar-refractivity contribution in [3.63, 3.8) is 0 Å². The summed E-state index contributed by atoms with van der Waals surface area (Å²) < 4.78 is 11.2. The van der Waals surface area contributed by atoms with Crippen LogP contribution < -0.4 is 4.74 Å². The summed E-state index contributed by atoms with van der Waals surface area (Å²) in [5.74, 6) is 1.51. The summed E-state index contributed by atoms with van der Waals surface area (Å²) in [6.45, 7) is 5.71. The molecule has 164 valence electrons. The predicted molar refractivity (Wildman–Crippen MR) is 120 cm³/mol. The molecule has 7 nitrogen and oxygen atoms in total. The average Bonchev–Trinajstić information content (AvgIpc) is 3.45. The van der Waals surface area contributed by atoms with Gasteiger partial charge in [0.15, 0.2) is 0 Å². The number of benzene rings is 2. The average molecular weight is 431 g/mol. The minimum Gasteiger partial charge on any atom is -0.490 e. The molecule has 1 atom stereocenters. The van der Waals surface area contributed by atoms with Crippen LogP contribution in [0.5, 0.6) is 5.75 Å². The maximum absolute atomic E-state index is 12.2. The molecule has 0 radical (unpaired) electrons. The van der Waals surface area contributed by atoms with E-state index in [1.165, 1.54) is 0 Å². The number of nitriles is 1. The summed E-state index contributed by atoms with van der Waals surface area (Å²) in [4.78, 5) is 18.7. The van der Waals surface area contributed by atoms with Crippen molar-refractivity contribution in [3.8, 4) is 34.7 Å². The zero-order chi connectivity index (χ0) is 22.8. The zero-order valence-electron chi connectivity index (χ0n) is 18.8. The molecule has 3 aromatic rings. The SMILES string of the molecule is CCC(=O)N(C)[C@H]1CCc2c(-c3noc(-c4ccc(OC(C)C)c(C#N)c4)n3)cccc21. The summed E-state index contributed by atoms with van der Waals surface area (Å²) in [6.07, 6.45) is 2.18. The highest BCUT2D eigenvalue weighted by Gasteiger charge is 2.30. The number of amides is 1. The van der Waals surface area contributed by atoms with Crippen LogP contribution in [-0.2, 0) is 11.2 Å². The Kier molecular flexibility index (Phi) is 5.95. The van der Waals surface area contributed by atoms with Gasteiger partial charge in [0, 0.05) is 24.6 Å². The lowest BCUT2D eigenvalue weighted by molar-refractivity contribution is -0.131. The molecule has 1 aliphatic rings. The van der Waals surface area contributed by atoms with E-state index in [0.717, 1.165) is 29.5 Å². The van der Waals surface area contributed by atoms with E-state index in [0.29, 0.717) is 35.0 Å². The second-order valence-corrected chi connectivity index (χ2v) is 8.20. The summed E-state index contributed by atoms with van der Waals surface area (Å²) >= 11 is 0. The monoisotopic (exact) mass is 430 g/mol. The maximum Gasteiger partial charge on any atom is 0.258 e. The number of aromatic nitrogens is 2. The first-order valence-corrected chi connectivity index (χ1v) is 10.9. The molecule has 0 saturated heterocycles. The first kappa shape index (κ1) is 21.6. The predicted octanol–water partition coefficient (Wildman–Crippen LogP) is 4.92. The van der Waals surface area contributed by atoms with Crippen LogP contribution in [0, 0.1) is 11.3 Å². The first-order valence-electron chi connectivity index (χ1n) is 10.9. The maximum atomic E-state index is 12.2. The van der Waals surface area contributed by atoms with E-state index >= 15 is 0 Å². The fourth-order valence-corrected chi connectivity index (χ4v) is 4.22. The third-order valence-electron chi connectivity index (χ3n) is 5.78. The van der Waals surface area contributed by atoms with Gasteiger partial charge in [0.1, 0.15) is 11.8 Å². The Labute approximate surface area is 187 Å². The van der Waals surface area contributed by atoms with Gasteiger partial charge in [-0.3, -0.25) is 4.79 Å². The van der Waals surface area contributed by atoms with Crippen LogP contribution in [0.1, 0.15) is 56.3 Å². The Balaban J connectivity index is 1.65. The second kappa shape index (κ2) is 8.83. The minimum absolute atomic E-state index is 0.0291. The Bertz CT molecular complexity index is 1190. The molecule has 0 spiro atoms. The largest absolute Gasteiger partial charge is 0.490 e. The number of carbonyl (C=O) groups is 1. The summed E-state index contributed by atoms with van der Waals surface area (Å²) in [7, 11) is 1.87. The molecule has 2 aromatic carbocycles. The molecule has 4 rings (SSSR count). The van der Waals surface area contributed by atoms with E-state index in [4.69, 9.17) is 9.26 Å². The van der Waals surface area contributed by atoms with Crippen LogP contribution in [0.3, 0.4) is 0 Å². The first-order chi connectivity index (χ1) is 15.4. The smallest absolute Gasteiger partial charge is 0.258 e. The third-order valence-corrected chi connectivity index (χ3v) is 5.78. The van der Waals surface area contributed by atoms with Gasteiger partial charge in [-0.2, -0.15) is 10.2 Å². The van der Waals surface area contributed by atoms with Gasteiger partial charge in [-0.15, -0.1) is 0 Å². The number of carbonyl (C=O) groups excluding carboxylic acids is 1. The van der Waals surface area contributed by atoms with Crippen molar-refractivity contribution >= 4 is 5.91 Å². The molecule has 1 amide bonds. The zero-order valence-corrected chi connectivity index (χ0v) is 18.8. The van der Waals surface area contributed by atoms with Crippen molar-refractivity contribution in [2.75, 3.05) is 7.05 Å². The summed E-state index contributed by atoms with van der Waals surface area (Å²) in [6, 6.07) is 13.5. The molecule has 0 fully saturated rings. The normalized spacial score (nSPS) is 14.8. The standard InChI is InChI=1S/C25H26N4O3/c1-5-23(30)29(4)21-11-10-18-19(21)7-6-8-20(18)24-27-25(32-28-24)16-9-12-22(31-15(2)3)17(13-16)14-26/h6-9,12-13,15,21H,5,10-11H2,1-4H3/t21-/m0/s1. The number of fused-ring (bicyclic) bond motifs is 1. The van der Waals surface area contributed by atoms with Gasteiger partial charge in [0.05, 0.1) is 17.7 Å². The van der Waals surface area contributed by atoms with Crippen molar-refractivity contribution in [1.82, 2.24) is 15.0 Å². The van der Waals surface area contributed by atoms with Gasteiger partial charge < -0.3 is 14.2 Å². The number of rotatable bonds is 6. The van der Waals surface area contributed by atoms with Crippen LogP contribution >= 0.6 is 0 Å². The van der Waals surface area contributed by atoms with Gasteiger partial charge in [-0.1, -0.05) is 30.3 Å². The molecule has 0 unspecified atom stereocenters. The number of ether oxygens (including phenoxy) is 1. The molecular formula is C25H26N4O3. The molecule has 1 aliphatic carbocycles. The van der Waals surface area contributed by atoms with Crippen LogP contribution in [0.25, 0.3) is 22.8 Å². The fraction of sp³-hybridized carbons (Fsp3) is 0.360. The molecule has 0 saturated carbocycles. The molecule has 32 heavy (non-hydrogen) atoms. The van der Waals surface area contributed by atoms with E-state index in [9.17, 15) is 10.1 Å². The molecule has 1 aromatic heterocycles. The van der Waals surface area contributed by atoms with Crippen molar-refractivity contribution < 1.29 is 14.1 Å². The summed E-state index contributed by atoms with van der Waals surface area (Å²) in [5, 5.41) is 13.7. The molecule has 0 N–H and O–H groups in total.